The quantitative estimate of drug-likeness (QED) is 0.684. The molecule has 0 radical (unpaired) electrons. The fourth-order valence-electron chi connectivity index (χ4n) is 2.50. The number of aromatic nitrogens is 2. The van der Waals surface area contributed by atoms with E-state index in [1.54, 1.807) is 11.3 Å². The van der Waals surface area contributed by atoms with Gasteiger partial charge in [0.25, 0.3) is 5.56 Å². The smallest absolute Gasteiger partial charge is 0.321 e. The van der Waals surface area contributed by atoms with Crippen molar-refractivity contribution in [2.75, 3.05) is 6.54 Å². The second kappa shape index (κ2) is 8.01. The van der Waals surface area contributed by atoms with Crippen LogP contribution in [0.4, 0.5) is 4.79 Å². The van der Waals surface area contributed by atoms with E-state index in [1.165, 1.54) is 22.2 Å². The lowest BCUT2D eigenvalue weighted by Gasteiger charge is -2.09. The molecule has 2 N–H and O–H groups in total. The van der Waals surface area contributed by atoms with Gasteiger partial charge in [-0.2, -0.15) is 0 Å². The summed E-state index contributed by atoms with van der Waals surface area (Å²) in [6, 6.07) is 3.41. The first kappa shape index (κ1) is 19.2. The second-order valence-corrected chi connectivity index (χ2v) is 8.72. The molecular formula is C18H20N4O3S2. The van der Waals surface area contributed by atoms with E-state index >= 15 is 0 Å². The highest BCUT2D eigenvalue weighted by molar-refractivity contribution is 7.19. The van der Waals surface area contributed by atoms with Crippen LogP contribution >= 0.6 is 22.7 Å². The number of nitrogens with one attached hydrogen (secondary N) is 2. The number of carbonyl (C=O) groups is 2. The van der Waals surface area contributed by atoms with Crippen molar-refractivity contribution >= 4 is 44.8 Å². The second-order valence-electron chi connectivity index (χ2n) is 6.57. The van der Waals surface area contributed by atoms with Crippen molar-refractivity contribution in [1.29, 1.82) is 0 Å². The van der Waals surface area contributed by atoms with Crippen LogP contribution in [0.1, 0.15) is 18.7 Å². The Labute approximate surface area is 164 Å². The highest BCUT2D eigenvalue weighted by atomic mass is 32.1. The van der Waals surface area contributed by atoms with E-state index in [0.29, 0.717) is 16.8 Å². The Morgan fingerprint density at radius 1 is 1.30 bits per heavy atom. The number of carbonyl (C=O) groups excluding carboxylic acids is 2. The lowest BCUT2D eigenvalue weighted by molar-refractivity contribution is -0.120. The maximum absolute atomic E-state index is 12.9. The number of thiophene rings is 2. The van der Waals surface area contributed by atoms with Gasteiger partial charge in [-0.1, -0.05) is 13.8 Å². The summed E-state index contributed by atoms with van der Waals surface area (Å²) in [5.74, 6) is -0.291. The zero-order valence-electron chi connectivity index (χ0n) is 15.2. The average molecular weight is 405 g/mol. The molecule has 3 heterocycles. The third kappa shape index (κ3) is 4.42. The lowest BCUT2D eigenvalue weighted by Crippen LogP contribution is -2.43. The van der Waals surface area contributed by atoms with E-state index < -0.39 is 11.9 Å². The van der Waals surface area contributed by atoms with Gasteiger partial charge in [0.2, 0.25) is 5.91 Å². The summed E-state index contributed by atoms with van der Waals surface area (Å²) in [4.78, 5) is 43.8. The van der Waals surface area contributed by atoms with Gasteiger partial charge < -0.3 is 5.32 Å². The summed E-state index contributed by atoms with van der Waals surface area (Å²) in [6.07, 6.45) is 1.34. The van der Waals surface area contributed by atoms with Crippen molar-refractivity contribution in [3.8, 4) is 10.4 Å². The molecule has 0 aliphatic heterocycles. The molecule has 0 atom stereocenters. The van der Waals surface area contributed by atoms with E-state index in [0.717, 1.165) is 15.3 Å². The van der Waals surface area contributed by atoms with E-state index in [2.05, 4.69) is 15.6 Å². The Morgan fingerprint density at radius 3 is 2.74 bits per heavy atom. The molecule has 9 heteroatoms. The van der Waals surface area contributed by atoms with Crippen LogP contribution in [0.15, 0.2) is 28.6 Å². The first-order valence-corrected chi connectivity index (χ1v) is 10.2. The summed E-state index contributed by atoms with van der Waals surface area (Å²) in [5.41, 5.74) is 0.537. The normalized spacial score (nSPS) is 11.1. The highest BCUT2D eigenvalue weighted by Gasteiger charge is 2.16. The largest absolute Gasteiger partial charge is 0.338 e. The molecule has 142 valence electrons. The minimum atomic E-state index is -0.568. The van der Waals surface area contributed by atoms with Gasteiger partial charge in [0, 0.05) is 27.2 Å². The molecule has 3 aromatic heterocycles. The molecule has 0 fully saturated rings. The van der Waals surface area contributed by atoms with Crippen molar-refractivity contribution < 1.29 is 9.59 Å². The third-order valence-electron chi connectivity index (χ3n) is 3.80. The van der Waals surface area contributed by atoms with Gasteiger partial charge in [0.05, 0.1) is 11.7 Å². The molecule has 3 amide bonds. The summed E-state index contributed by atoms with van der Waals surface area (Å²) in [7, 11) is 0. The van der Waals surface area contributed by atoms with Crippen molar-refractivity contribution in [2.24, 2.45) is 5.92 Å². The molecule has 0 saturated heterocycles. The number of hydrogen-bond donors (Lipinski definition) is 2. The molecule has 7 nitrogen and oxygen atoms in total. The van der Waals surface area contributed by atoms with Crippen LogP contribution in [-0.4, -0.2) is 28.0 Å². The summed E-state index contributed by atoms with van der Waals surface area (Å²) >= 11 is 3.00. The molecule has 0 aromatic carbocycles. The average Bonchev–Trinajstić information content (AvgIpc) is 3.21. The maximum Gasteiger partial charge on any atom is 0.321 e. The lowest BCUT2D eigenvalue weighted by atomic mass is 10.2. The monoisotopic (exact) mass is 404 g/mol. The van der Waals surface area contributed by atoms with Gasteiger partial charge in [0.15, 0.2) is 0 Å². The van der Waals surface area contributed by atoms with Crippen molar-refractivity contribution in [2.45, 2.75) is 27.3 Å². The number of aryl methyl sites for hydroxylation is 1. The fourth-order valence-corrected chi connectivity index (χ4v) is 4.36. The summed E-state index contributed by atoms with van der Waals surface area (Å²) in [6.45, 7) is 6.11. The van der Waals surface area contributed by atoms with Crippen LogP contribution in [0.5, 0.6) is 0 Å². The van der Waals surface area contributed by atoms with Crippen LogP contribution in [0.3, 0.4) is 0 Å². The van der Waals surface area contributed by atoms with Gasteiger partial charge in [-0.25, -0.2) is 9.78 Å². The Balaban J connectivity index is 1.81. The van der Waals surface area contributed by atoms with Crippen LogP contribution < -0.4 is 16.2 Å². The first-order valence-electron chi connectivity index (χ1n) is 8.46. The number of rotatable bonds is 5. The molecule has 3 rings (SSSR count). The first-order chi connectivity index (χ1) is 12.8. The molecular weight excluding hydrogens is 384 g/mol. The fraction of sp³-hybridized carbons (Fsp3) is 0.333. The Morgan fingerprint density at radius 2 is 2.07 bits per heavy atom. The third-order valence-corrected chi connectivity index (χ3v) is 5.72. The van der Waals surface area contributed by atoms with Gasteiger partial charge in [-0.05, 0) is 25.0 Å². The molecule has 0 aliphatic rings. The van der Waals surface area contributed by atoms with E-state index in [-0.39, 0.29) is 18.0 Å². The van der Waals surface area contributed by atoms with E-state index in [9.17, 15) is 14.4 Å². The van der Waals surface area contributed by atoms with Crippen molar-refractivity contribution in [1.82, 2.24) is 20.2 Å². The molecule has 0 unspecified atom stereocenters. The maximum atomic E-state index is 12.9. The molecule has 27 heavy (non-hydrogen) atoms. The number of imide groups is 1. The highest BCUT2D eigenvalue weighted by Crippen LogP contribution is 2.34. The zero-order chi connectivity index (χ0) is 19.6. The minimum Gasteiger partial charge on any atom is -0.338 e. The molecule has 0 saturated carbocycles. The standard InChI is InChI=1S/C18H20N4O3S2/c1-10(2)6-19-18(25)21-14(23)7-22-9-20-16-15(17(22)24)12(8-26-16)13-5-4-11(3)27-13/h4-5,8-10H,6-7H2,1-3H3,(H2,19,21,23,25). The van der Waals surface area contributed by atoms with E-state index in [4.69, 9.17) is 0 Å². The summed E-state index contributed by atoms with van der Waals surface area (Å²) in [5, 5.41) is 7.24. The molecule has 0 spiro atoms. The van der Waals surface area contributed by atoms with Gasteiger partial charge in [0.1, 0.15) is 11.4 Å². The van der Waals surface area contributed by atoms with Crippen molar-refractivity contribution in [3.63, 3.8) is 0 Å². The molecule has 0 aliphatic carbocycles. The Kier molecular flexibility index (Phi) is 5.71. The number of nitrogens with zero attached hydrogens (tertiary/aromatic N) is 2. The predicted octanol–water partition coefficient (Wildman–Crippen LogP) is 2.98. The molecule has 3 aromatic rings. The van der Waals surface area contributed by atoms with Gasteiger partial charge in [-0.3, -0.25) is 19.5 Å². The Bertz CT molecular complexity index is 1050. The van der Waals surface area contributed by atoms with Crippen LogP contribution in [-0.2, 0) is 11.3 Å². The van der Waals surface area contributed by atoms with Crippen LogP contribution in [0, 0.1) is 12.8 Å². The van der Waals surface area contributed by atoms with E-state index in [1.807, 2.05) is 38.3 Å². The van der Waals surface area contributed by atoms with Crippen molar-refractivity contribution in [3.05, 3.63) is 39.1 Å². The number of amides is 3. The Hall–Kier alpha value is -2.52. The molecule has 0 bridgehead atoms. The minimum absolute atomic E-state index is 0.268. The SMILES string of the molecule is Cc1ccc(-c2csc3ncn(CC(=O)NC(=O)NCC(C)C)c(=O)c23)s1. The predicted molar refractivity (Wildman–Crippen MR) is 108 cm³/mol. The van der Waals surface area contributed by atoms with Crippen LogP contribution in [0.25, 0.3) is 20.7 Å². The van der Waals surface area contributed by atoms with Gasteiger partial charge >= 0.3 is 6.03 Å². The number of urea groups is 1. The zero-order valence-corrected chi connectivity index (χ0v) is 16.9. The topological polar surface area (TPSA) is 93.1 Å². The number of hydrogen-bond acceptors (Lipinski definition) is 6. The number of fused-ring (bicyclic) bond motifs is 1. The van der Waals surface area contributed by atoms with Crippen LogP contribution in [0.2, 0.25) is 0 Å². The summed E-state index contributed by atoms with van der Waals surface area (Å²) < 4.78 is 1.23. The van der Waals surface area contributed by atoms with Gasteiger partial charge in [-0.15, -0.1) is 22.7 Å².